The summed E-state index contributed by atoms with van der Waals surface area (Å²) in [6, 6.07) is 5.60. The fourth-order valence-corrected chi connectivity index (χ4v) is 2.18. The van der Waals surface area contributed by atoms with Crippen LogP contribution in [-0.4, -0.2) is 15.0 Å². The Bertz CT molecular complexity index is 538. The van der Waals surface area contributed by atoms with Crippen LogP contribution in [0.2, 0.25) is 0 Å². The number of anilines is 1. The number of nitrogen functional groups attached to an aromatic ring is 1. The van der Waals surface area contributed by atoms with E-state index >= 15 is 0 Å². The Morgan fingerprint density at radius 3 is 2.89 bits per heavy atom. The Hall–Kier alpha value is -1.44. The van der Waals surface area contributed by atoms with Crippen LogP contribution >= 0.6 is 15.9 Å². The van der Waals surface area contributed by atoms with Gasteiger partial charge in [-0.15, -0.1) is 5.10 Å². The Labute approximate surface area is 113 Å². The number of rotatable bonds is 4. The molecule has 1 atom stereocenters. The summed E-state index contributed by atoms with van der Waals surface area (Å²) in [4.78, 5) is 0. The molecule has 18 heavy (non-hydrogen) atoms. The van der Waals surface area contributed by atoms with Crippen molar-refractivity contribution < 1.29 is 0 Å². The van der Waals surface area contributed by atoms with Gasteiger partial charge in [-0.05, 0) is 23.8 Å². The highest BCUT2D eigenvalue weighted by Gasteiger charge is 2.15. The molecule has 1 aromatic heterocycles. The number of halogens is 1. The van der Waals surface area contributed by atoms with Gasteiger partial charge in [-0.3, -0.25) is 16.0 Å². The van der Waals surface area contributed by atoms with Crippen LogP contribution in [0.1, 0.15) is 17.3 Å². The molecular weight excluding hydrogens is 296 g/mol. The third-order valence-electron chi connectivity index (χ3n) is 2.69. The predicted octanol–water partition coefficient (Wildman–Crippen LogP) is 0.907. The van der Waals surface area contributed by atoms with Crippen molar-refractivity contribution in [3.8, 4) is 0 Å². The lowest BCUT2D eigenvalue weighted by Crippen LogP contribution is -2.30. The molecule has 6 nitrogen and oxygen atoms in total. The summed E-state index contributed by atoms with van der Waals surface area (Å²) in [6.07, 6.45) is 2.49. The predicted molar refractivity (Wildman–Crippen MR) is 73.3 cm³/mol. The maximum atomic E-state index is 5.97. The SMILES string of the molecule is Cn1cc(CC(NN)c2cc(Br)ccc2N)nn1. The second-order valence-electron chi connectivity index (χ2n) is 4.08. The summed E-state index contributed by atoms with van der Waals surface area (Å²) in [5.74, 6) is 5.60. The van der Waals surface area contributed by atoms with Crippen LogP contribution < -0.4 is 17.0 Å². The third kappa shape index (κ3) is 2.87. The number of nitrogens with two attached hydrogens (primary N) is 2. The van der Waals surface area contributed by atoms with Gasteiger partial charge < -0.3 is 5.73 Å². The molecule has 0 aliphatic heterocycles. The highest BCUT2D eigenvalue weighted by molar-refractivity contribution is 9.10. The molecule has 1 unspecified atom stereocenters. The van der Waals surface area contributed by atoms with Gasteiger partial charge in [-0.25, -0.2) is 0 Å². The summed E-state index contributed by atoms with van der Waals surface area (Å²) in [6.45, 7) is 0. The first-order chi connectivity index (χ1) is 8.60. The lowest BCUT2D eigenvalue weighted by Gasteiger charge is -2.17. The van der Waals surface area contributed by atoms with Gasteiger partial charge in [0, 0.05) is 29.8 Å². The largest absolute Gasteiger partial charge is 0.398 e. The molecule has 0 amide bonds. The molecular formula is C11H15BrN6. The average molecular weight is 311 g/mol. The summed E-state index contributed by atoms with van der Waals surface area (Å²) in [5.41, 5.74) is 11.2. The topological polar surface area (TPSA) is 94.8 Å². The highest BCUT2D eigenvalue weighted by atomic mass is 79.9. The standard InChI is InChI=1S/C11H15BrN6/c1-18-6-8(16-17-18)5-11(15-14)9-4-7(12)2-3-10(9)13/h2-4,6,11,15H,5,13-14H2,1H3. The summed E-state index contributed by atoms with van der Waals surface area (Å²) in [7, 11) is 1.83. The minimum Gasteiger partial charge on any atom is -0.398 e. The molecule has 2 aromatic rings. The first-order valence-electron chi connectivity index (χ1n) is 5.46. The van der Waals surface area contributed by atoms with Gasteiger partial charge in [-0.2, -0.15) is 0 Å². The molecule has 2 rings (SSSR count). The van der Waals surface area contributed by atoms with Gasteiger partial charge in [-0.1, -0.05) is 21.1 Å². The van der Waals surface area contributed by atoms with Crippen LogP contribution in [0.15, 0.2) is 28.9 Å². The van der Waals surface area contributed by atoms with Crippen LogP contribution in [0.5, 0.6) is 0 Å². The molecule has 0 saturated carbocycles. The van der Waals surface area contributed by atoms with E-state index in [0.717, 1.165) is 15.7 Å². The third-order valence-corrected chi connectivity index (χ3v) is 3.18. The molecule has 0 aliphatic rings. The van der Waals surface area contributed by atoms with Crippen LogP contribution in [0.25, 0.3) is 0 Å². The fourth-order valence-electron chi connectivity index (χ4n) is 1.80. The molecule has 7 heteroatoms. The van der Waals surface area contributed by atoms with Gasteiger partial charge in [0.15, 0.2) is 0 Å². The van der Waals surface area contributed by atoms with Crippen molar-refractivity contribution >= 4 is 21.6 Å². The van der Waals surface area contributed by atoms with E-state index in [0.29, 0.717) is 12.1 Å². The van der Waals surface area contributed by atoms with Gasteiger partial charge in [0.25, 0.3) is 0 Å². The van der Waals surface area contributed by atoms with E-state index in [1.807, 2.05) is 31.4 Å². The minimum absolute atomic E-state index is 0.0980. The van der Waals surface area contributed by atoms with E-state index in [4.69, 9.17) is 11.6 Å². The van der Waals surface area contributed by atoms with Crippen molar-refractivity contribution in [3.05, 3.63) is 40.1 Å². The van der Waals surface area contributed by atoms with Crippen LogP contribution in [0.3, 0.4) is 0 Å². The lowest BCUT2D eigenvalue weighted by atomic mass is 10.0. The van der Waals surface area contributed by atoms with E-state index in [-0.39, 0.29) is 6.04 Å². The van der Waals surface area contributed by atoms with Crippen molar-refractivity contribution in [2.45, 2.75) is 12.5 Å². The van der Waals surface area contributed by atoms with E-state index in [1.165, 1.54) is 0 Å². The van der Waals surface area contributed by atoms with Crippen molar-refractivity contribution in [2.75, 3.05) is 5.73 Å². The van der Waals surface area contributed by atoms with E-state index in [1.54, 1.807) is 4.68 Å². The molecule has 5 N–H and O–H groups in total. The number of aryl methyl sites for hydroxylation is 1. The van der Waals surface area contributed by atoms with Crippen molar-refractivity contribution in [2.24, 2.45) is 12.9 Å². The molecule has 0 spiro atoms. The number of hydrogen-bond acceptors (Lipinski definition) is 5. The Morgan fingerprint density at radius 1 is 1.50 bits per heavy atom. The van der Waals surface area contributed by atoms with Crippen molar-refractivity contribution in [1.82, 2.24) is 20.4 Å². The molecule has 1 aromatic carbocycles. The number of hydrogen-bond donors (Lipinski definition) is 3. The maximum Gasteiger partial charge on any atom is 0.0846 e. The Kier molecular flexibility index (Phi) is 3.95. The fraction of sp³-hybridized carbons (Fsp3) is 0.273. The van der Waals surface area contributed by atoms with E-state index in [9.17, 15) is 0 Å². The maximum absolute atomic E-state index is 5.97. The zero-order valence-electron chi connectivity index (χ0n) is 9.97. The number of nitrogens with zero attached hydrogens (tertiary/aromatic N) is 3. The molecule has 0 bridgehead atoms. The molecule has 0 saturated heterocycles. The molecule has 0 aliphatic carbocycles. The summed E-state index contributed by atoms with van der Waals surface area (Å²) in [5, 5.41) is 7.94. The zero-order chi connectivity index (χ0) is 13.1. The van der Waals surface area contributed by atoms with Crippen LogP contribution in [-0.2, 0) is 13.5 Å². The van der Waals surface area contributed by atoms with Crippen molar-refractivity contribution in [3.63, 3.8) is 0 Å². The number of aromatic nitrogens is 3. The minimum atomic E-state index is -0.0980. The molecule has 0 radical (unpaired) electrons. The van der Waals surface area contributed by atoms with Crippen LogP contribution in [0.4, 0.5) is 5.69 Å². The van der Waals surface area contributed by atoms with E-state index in [2.05, 4.69) is 31.7 Å². The zero-order valence-corrected chi connectivity index (χ0v) is 11.6. The summed E-state index contributed by atoms with van der Waals surface area (Å²) < 4.78 is 2.62. The number of benzene rings is 1. The second-order valence-corrected chi connectivity index (χ2v) is 5.00. The molecule has 0 fully saturated rings. The summed E-state index contributed by atoms with van der Waals surface area (Å²) >= 11 is 3.43. The van der Waals surface area contributed by atoms with Gasteiger partial charge in [0.2, 0.25) is 0 Å². The highest BCUT2D eigenvalue weighted by Crippen LogP contribution is 2.26. The molecule has 1 heterocycles. The first-order valence-corrected chi connectivity index (χ1v) is 6.25. The quantitative estimate of drug-likeness (QED) is 0.443. The first kappa shape index (κ1) is 13.0. The van der Waals surface area contributed by atoms with Gasteiger partial charge in [0.1, 0.15) is 0 Å². The molecule has 96 valence electrons. The number of nitrogens with one attached hydrogen (secondary N) is 1. The smallest absolute Gasteiger partial charge is 0.0846 e. The van der Waals surface area contributed by atoms with Gasteiger partial charge >= 0.3 is 0 Å². The Morgan fingerprint density at radius 2 is 2.28 bits per heavy atom. The Balaban J connectivity index is 2.25. The average Bonchev–Trinajstić information content (AvgIpc) is 2.75. The van der Waals surface area contributed by atoms with Crippen LogP contribution in [0, 0.1) is 0 Å². The second kappa shape index (κ2) is 5.47. The normalized spacial score (nSPS) is 12.6. The monoisotopic (exact) mass is 310 g/mol. The van der Waals surface area contributed by atoms with Crippen molar-refractivity contribution in [1.29, 1.82) is 0 Å². The van der Waals surface area contributed by atoms with E-state index < -0.39 is 0 Å². The number of hydrazine groups is 1. The van der Waals surface area contributed by atoms with Gasteiger partial charge in [0.05, 0.1) is 11.7 Å². The lowest BCUT2D eigenvalue weighted by molar-refractivity contribution is 0.546.